The molecule has 0 spiro atoms. The molecule has 1 unspecified atom stereocenters. The van der Waals surface area contributed by atoms with Gasteiger partial charge in [-0.15, -0.1) is 0 Å². The van der Waals surface area contributed by atoms with Crippen LogP contribution < -0.4 is 11.1 Å². The van der Waals surface area contributed by atoms with Gasteiger partial charge in [0.05, 0.1) is 44.1 Å². The smallest absolute Gasteiger partial charge is 0.364 e. The van der Waals surface area contributed by atoms with Crippen molar-refractivity contribution in [3.63, 3.8) is 0 Å². The standard InChI is InChI=1S/C29H50N2O22/c1-7-15(38)18(41)19(42)26(47-7)51-22-13(30)25(44)48-12(6-34)21(22)50-27-20(43)24(17(40)11(5-33)49-27)53-29(28(45)46)3-9(36)14(31-8(2)35)23(52-29)16(39)10(37)4-32/h7,9-27,32-34,36-44H,3-6,30H2,1-2H3,(H,31,35)(H,45,46)/t7-,9-,10+,11+,12+,13+,14+,15+,16+,17-,18+,19-,20+,21+,22+,23+,24-,25?,26-,27-,29-/m0/s1. The lowest BCUT2D eigenvalue weighted by Crippen LogP contribution is -2.71. The minimum absolute atomic E-state index is 0.770. The van der Waals surface area contributed by atoms with E-state index in [1.54, 1.807) is 0 Å². The van der Waals surface area contributed by atoms with Crippen molar-refractivity contribution in [2.24, 2.45) is 5.73 Å². The zero-order valence-corrected chi connectivity index (χ0v) is 28.4. The summed E-state index contributed by atoms with van der Waals surface area (Å²) < 4.78 is 39.2. The van der Waals surface area contributed by atoms with Gasteiger partial charge in [-0.1, -0.05) is 0 Å². The number of aliphatic carboxylic acids is 1. The number of aliphatic hydroxyl groups excluding tert-OH is 12. The van der Waals surface area contributed by atoms with E-state index in [0.29, 0.717) is 0 Å². The van der Waals surface area contributed by atoms with Gasteiger partial charge in [0.25, 0.3) is 5.79 Å². The van der Waals surface area contributed by atoms with Crippen LogP contribution in [0.2, 0.25) is 0 Å². The second-order valence-electron chi connectivity index (χ2n) is 13.4. The fourth-order valence-corrected chi connectivity index (χ4v) is 6.63. The Morgan fingerprint density at radius 3 is 2.00 bits per heavy atom. The number of ether oxygens (including phenoxy) is 7. The molecule has 53 heavy (non-hydrogen) atoms. The highest BCUT2D eigenvalue weighted by Crippen LogP contribution is 2.39. The zero-order chi connectivity index (χ0) is 39.7. The summed E-state index contributed by atoms with van der Waals surface area (Å²) in [5, 5.41) is 138. The molecule has 0 aromatic carbocycles. The number of nitrogens with one attached hydrogen (secondary N) is 1. The van der Waals surface area contributed by atoms with Gasteiger partial charge in [-0.2, -0.15) is 0 Å². The van der Waals surface area contributed by atoms with Gasteiger partial charge in [-0.05, 0) is 6.92 Å². The zero-order valence-electron chi connectivity index (χ0n) is 28.4. The first-order valence-electron chi connectivity index (χ1n) is 16.7. The lowest BCUT2D eigenvalue weighted by atomic mass is 9.88. The SMILES string of the molecule is CC(=O)N[C@H]1[C@H]([C@H](O)[C@H](O)CO)O[C@@](O[C@H]2[C@@H](O)[C@@H](CO)O[C@@H](O[C@H]3[C@H](O[C@@H]4O[C@@H](C)[C@@H](O)[C@@H](O)[C@@H]4O)[C@@H](N)C(O)O[C@@H]3CO)[C@@H]2O)(C(=O)O)C[C@@H]1O. The summed E-state index contributed by atoms with van der Waals surface area (Å²) in [6.45, 7) is -0.629. The van der Waals surface area contributed by atoms with Crippen molar-refractivity contribution in [2.75, 3.05) is 19.8 Å². The molecule has 1 amide bonds. The molecule has 4 heterocycles. The van der Waals surface area contributed by atoms with Crippen LogP contribution >= 0.6 is 0 Å². The van der Waals surface area contributed by atoms with Crippen molar-refractivity contribution in [3.05, 3.63) is 0 Å². The molecular weight excluding hydrogens is 728 g/mol. The van der Waals surface area contributed by atoms with E-state index in [2.05, 4.69) is 5.32 Å². The molecule has 0 aliphatic carbocycles. The Labute approximate surface area is 300 Å². The monoisotopic (exact) mass is 778 g/mol. The topological polar surface area (TPSA) is 400 Å². The summed E-state index contributed by atoms with van der Waals surface area (Å²) in [5.41, 5.74) is 6.12. The van der Waals surface area contributed by atoms with Crippen molar-refractivity contribution in [1.29, 1.82) is 0 Å². The first-order chi connectivity index (χ1) is 24.8. The number of rotatable bonds is 13. The van der Waals surface area contributed by atoms with E-state index in [9.17, 15) is 76.0 Å². The maximum absolute atomic E-state index is 12.8. The second-order valence-corrected chi connectivity index (χ2v) is 13.4. The van der Waals surface area contributed by atoms with Crippen LogP contribution in [0.5, 0.6) is 0 Å². The molecule has 16 N–H and O–H groups in total. The third-order valence-electron chi connectivity index (χ3n) is 9.62. The third kappa shape index (κ3) is 9.08. The van der Waals surface area contributed by atoms with Crippen LogP contribution in [0.3, 0.4) is 0 Å². The van der Waals surface area contributed by atoms with Gasteiger partial charge in [0, 0.05) is 13.3 Å². The summed E-state index contributed by atoms with van der Waals surface area (Å²) in [7, 11) is 0. The molecule has 0 aromatic rings. The fraction of sp³-hybridized carbons (Fsp3) is 0.931. The minimum atomic E-state index is -3.08. The lowest BCUT2D eigenvalue weighted by Gasteiger charge is -2.51. The van der Waals surface area contributed by atoms with Gasteiger partial charge < -0.3 is 111 Å². The third-order valence-corrected chi connectivity index (χ3v) is 9.62. The van der Waals surface area contributed by atoms with Crippen molar-refractivity contribution in [2.45, 2.75) is 149 Å². The van der Waals surface area contributed by atoms with Crippen LogP contribution in [0, 0.1) is 0 Å². The van der Waals surface area contributed by atoms with E-state index in [1.807, 2.05) is 0 Å². The van der Waals surface area contributed by atoms with Crippen molar-refractivity contribution < 1.29 is 109 Å². The van der Waals surface area contributed by atoms with E-state index in [0.717, 1.165) is 6.92 Å². The van der Waals surface area contributed by atoms with Crippen molar-refractivity contribution >= 4 is 11.9 Å². The summed E-state index contributed by atoms with van der Waals surface area (Å²) in [6.07, 6.45) is -34.1. The molecule has 0 radical (unpaired) electrons. The number of aliphatic hydroxyl groups is 12. The normalized spacial score (nSPS) is 47.8. The summed E-state index contributed by atoms with van der Waals surface area (Å²) >= 11 is 0. The molecule has 308 valence electrons. The molecule has 4 aliphatic heterocycles. The lowest BCUT2D eigenvalue weighted by molar-refractivity contribution is -0.389. The Balaban J connectivity index is 1.66. The van der Waals surface area contributed by atoms with E-state index < -0.39 is 166 Å². The minimum Gasteiger partial charge on any atom is -0.477 e. The summed E-state index contributed by atoms with van der Waals surface area (Å²) in [4.78, 5) is 24.7. The van der Waals surface area contributed by atoms with Crippen LogP contribution in [0.15, 0.2) is 0 Å². The first kappa shape index (κ1) is 43.9. The highest BCUT2D eigenvalue weighted by molar-refractivity contribution is 5.76. The van der Waals surface area contributed by atoms with Crippen LogP contribution in [0.25, 0.3) is 0 Å². The number of carbonyl (C=O) groups excluding carboxylic acids is 1. The second kappa shape index (κ2) is 17.9. The molecule has 24 nitrogen and oxygen atoms in total. The molecule has 0 saturated carbocycles. The van der Waals surface area contributed by atoms with Crippen molar-refractivity contribution in [1.82, 2.24) is 5.32 Å². The van der Waals surface area contributed by atoms with Crippen molar-refractivity contribution in [3.8, 4) is 0 Å². The Kier molecular flexibility index (Phi) is 14.9. The molecular formula is C29H50N2O22. The summed E-state index contributed by atoms with van der Waals surface area (Å²) in [6, 6.07) is -3.14. The largest absolute Gasteiger partial charge is 0.477 e. The van der Waals surface area contributed by atoms with E-state index in [4.69, 9.17) is 38.9 Å². The number of hydrogen-bond acceptors (Lipinski definition) is 22. The number of hydrogen-bond donors (Lipinski definition) is 15. The molecule has 4 fully saturated rings. The Bertz CT molecular complexity index is 1220. The summed E-state index contributed by atoms with van der Waals surface area (Å²) in [5.74, 6) is -5.85. The molecule has 24 heteroatoms. The predicted octanol–water partition coefficient (Wildman–Crippen LogP) is -9.41. The van der Waals surface area contributed by atoms with Gasteiger partial charge in [0.1, 0.15) is 79.4 Å². The maximum Gasteiger partial charge on any atom is 0.364 e. The Hall–Kier alpha value is -1.86. The quantitative estimate of drug-likeness (QED) is 0.0825. The highest BCUT2D eigenvalue weighted by Gasteiger charge is 2.60. The van der Waals surface area contributed by atoms with Gasteiger partial charge in [0.2, 0.25) is 5.91 Å². The number of carbonyl (C=O) groups is 2. The Morgan fingerprint density at radius 2 is 1.43 bits per heavy atom. The van der Waals surface area contributed by atoms with E-state index >= 15 is 0 Å². The van der Waals surface area contributed by atoms with E-state index in [1.165, 1.54) is 6.92 Å². The van der Waals surface area contributed by atoms with Crippen LogP contribution in [-0.2, 0) is 42.7 Å². The molecule has 0 aromatic heterocycles. The first-order valence-corrected chi connectivity index (χ1v) is 16.7. The van der Waals surface area contributed by atoms with Crippen LogP contribution in [0.4, 0.5) is 0 Å². The number of amides is 1. The number of nitrogens with two attached hydrogens (primary N) is 1. The van der Waals surface area contributed by atoms with Gasteiger partial charge in [-0.25, -0.2) is 4.79 Å². The molecule has 0 bridgehead atoms. The average Bonchev–Trinajstić information content (AvgIpc) is 3.11. The fourth-order valence-electron chi connectivity index (χ4n) is 6.63. The number of carboxylic acid groups (broad SMARTS) is 1. The number of carboxylic acids is 1. The highest BCUT2D eigenvalue weighted by atomic mass is 16.8. The molecule has 4 rings (SSSR count). The maximum atomic E-state index is 12.8. The molecule has 4 saturated heterocycles. The molecule has 4 aliphatic rings. The average molecular weight is 779 g/mol. The van der Waals surface area contributed by atoms with Gasteiger partial charge in [0.15, 0.2) is 18.9 Å². The molecule has 21 atom stereocenters. The van der Waals surface area contributed by atoms with Gasteiger partial charge in [-0.3, -0.25) is 4.79 Å². The van der Waals surface area contributed by atoms with Gasteiger partial charge >= 0.3 is 5.97 Å². The van der Waals surface area contributed by atoms with Crippen LogP contribution in [0.1, 0.15) is 20.3 Å². The predicted molar refractivity (Wildman–Crippen MR) is 163 cm³/mol. The van der Waals surface area contributed by atoms with Crippen LogP contribution in [-0.4, -0.2) is 226 Å². The Morgan fingerprint density at radius 1 is 0.830 bits per heavy atom. The van der Waals surface area contributed by atoms with E-state index in [-0.39, 0.29) is 0 Å².